The van der Waals surface area contributed by atoms with Crippen LogP contribution in [-0.2, 0) is 0 Å². The van der Waals surface area contributed by atoms with Gasteiger partial charge in [-0.15, -0.1) is 0 Å². The smallest absolute Gasteiger partial charge is 0.175 e. The van der Waals surface area contributed by atoms with Crippen LogP contribution in [0, 0.1) is 19.9 Å². The first-order chi connectivity index (χ1) is 4.74. The van der Waals surface area contributed by atoms with E-state index in [9.17, 15) is 0 Å². The second-order valence-corrected chi connectivity index (χ2v) is 2.19. The van der Waals surface area contributed by atoms with Gasteiger partial charge < -0.3 is 4.29 Å². The van der Waals surface area contributed by atoms with E-state index in [0.717, 1.165) is 11.4 Å². The van der Waals surface area contributed by atoms with Gasteiger partial charge in [0.05, 0.1) is 5.69 Å². The first-order valence-electron chi connectivity index (χ1n) is 2.88. The summed E-state index contributed by atoms with van der Waals surface area (Å²) in [6, 6.07) is 4.56. The fraction of sp³-hybridized carbons (Fsp3) is 0.286. The summed E-state index contributed by atoms with van der Waals surface area (Å²) in [6.45, 7) is 3.71. The third-order valence-corrected chi connectivity index (χ3v) is 1.32. The lowest BCUT2D eigenvalue weighted by Gasteiger charge is -1.99. The molecule has 2 nitrogen and oxygen atoms in total. The molecule has 0 aliphatic heterocycles. The highest BCUT2D eigenvalue weighted by Crippen LogP contribution is 2.15. The summed E-state index contributed by atoms with van der Waals surface area (Å²) in [5, 5.41) is 0. The predicted octanol–water partition coefficient (Wildman–Crippen LogP) is 2.03. The molecule has 0 spiro atoms. The van der Waals surface area contributed by atoms with Crippen LogP contribution >= 0.6 is 11.9 Å². The lowest BCUT2D eigenvalue weighted by molar-refractivity contribution is 0.605. The Labute approximate surface area is 65.0 Å². The average molecular weight is 157 g/mol. The molecule has 0 amide bonds. The summed E-state index contributed by atoms with van der Waals surface area (Å²) in [4.78, 5) is 4.10. The summed E-state index contributed by atoms with van der Waals surface area (Å²) in [7, 11) is 0. The molecule has 1 heterocycles. The van der Waals surface area contributed by atoms with Gasteiger partial charge in [-0.25, -0.2) is 0 Å². The molecule has 53 valence electrons. The Balaban J connectivity index is 3.07. The monoisotopic (exact) mass is 156 g/mol. The molecule has 1 radical (unpaired) electrons. The molecule has 10 heavy (non-hydrogen) atoms. The Morgan fingerprint density at radius 3 is 2.80 bits per heavy atom. The van der Waals surface area contributed by atoms with Crippen molar-refractivity contribution in [2.24, 2.45) is 0 Å². The number of hydrogen-bond acceptors (Lipinski definition) is 2. The fourth-order valence-electron chi connectivity index (χ4n) is 0.700. The molecule has 0 N–H and O–H groups in total. The number of nitrogens with zero attached hydrogens (tertiary/aromatic N) is 1. The molecule has 0 atom stereocenters. The number of aryl methyl sites for hydroxylation is 2. The number of rotatable bonds is 1. The van der Waals surface area contributed by atoms with Crippen LogP contribution in [0.25, 0.3) is 0 Å². The van der Waals surface area contributed by atoms with Crippen molar-refractivity contribution in [1.82, 2.24) is 4.98 Å². The maximum atomic E-state index is 5.11. The van der Waals surface area contributed by atoms with E-state index in [2.05, 4.69) is 15.3 Å². The average Bonchev–Trinajstić information content (AvgIpc) is 1.88. The lowest BCUT2D eigenvalue weighted by atomic mass is 10.3. The zero-order valence-corrected chi connectivity index (χ0v) is 6.57. The summed E-state index contributed by atoms with van der Waals surface area (Å²) in [6.07, 6.45) is 0. The van der Waals surface area contributed by atoms with Gasteiger partial charge >= 0.3 is 0 Å². The molecule has 0 aliphatic carbocycles. The third-order valence-electron chi connectivity index (χ3n) is 1.16. The first-order valence-corrected chi connectivity index (χ1v) is 3.19. The molecule has 1 rings (SSSR count). The summed E-state index contributed by atoms with van der Waals surface area (Å²) in [5.74, 6) is 0.493. The van der Waals surface area contributed by atoms with Crippen LogP contribution in [0.3, 0.4) is 0 Å². The molecule has 0 fully saturated rings. The minimum atomic E-state index is 0.493. The summed E-state index contributed by atoms with van der Waals surface area (Å²) < 4.78 is 4.45. The van der Waals surface area contributed by atoms with Gasteiger partial charge in [-0.2, -0.15) is 0 Å². The lowest BCUT2D eigenvalue weighted by Crippen LogP contribution is -1.88. The zero-order valence-electron chi connectivity index (χ0n) is 5.81. The quantitative estimate of drug-likeness (QED) is 0.621. The van der Waals surface area contributed by atoms with Gasteiger partial charge in [0.1, 0.15) is 11.9 Å². The van der Waals surface area contributed by atoms with Crippen LogP contribution in [0.4, 0.5) is 0 Å². The van der Waals surface area contributed by atoms with Crippen LogP contribution in [0.2, 0.25) is 0 Å². The summed E-state index contributed by atoms with van der Waals surface area (Å²) >= 11 is 5.11. The van der Waals surface area contributed by atoms with Gasteiger partial charge in [-0.05, 0) is 19.9 Å². The molecule has 0 aromatic carbocycles. The van der Waals surface area contributed by atoms with Gasteiger partial charge in [0.15, 0.2) is 5.75 Å². The van der Waals surface area contributed by atoms with Crippen LogP contribution in [0.1, 0.15) is 11.4 Å². The van der Waals surface area contributed by atoms with Crippen molar-refractivity contribution in [2.45, 2.75) is 13.8 Å². The van der Waals surface area contributed by atoms with Gasteiger partial charge in [0.25, 0.3) is 0 Å². The fourth-order valence-corrected chi connectivity index (χ4v) is 0.856. The van der Waals surface area contributed by atoms with Crippen molar-refractivity contribution in [2.75, 3.05) is 0 Å². The largest absolute Gasteiger partial charge is 0.383 e. The zero-order chi connectivity index (χ0) is 7.56. The standard InChI is InChI=1S/C7H7ClNO/c1-5-3-4-7(10-8)6(2)9-5/h3H,1-2H3. The second kappa shape index (κ2) is 2.88. The van der Waals surface area contributed by atoms with E-state index in [1.807, 2.05) is 13.8 Å². The summed E-state index contributed by atoms with van der Waals surface area (Å²) in [5.41, 5.74) is 1.67. The maximum Gasteiger partial charge on any atom is 0.175 e. The van der Waals surface area contributed by atoms with Crippen molar-refractivity contribution < 1.29 is 4.29 Å². The van der Waals surface area contributed by atoms with E-state index in [1.54, 1.807) is 6.07 Å². The number of aromatic nitrogens is 1. The molecular weight excluding hydrogens is 150 g/mol. The van der Waals surface area contributed by atoms with Crippen molar-refractivity contribution in [3.8, 4) is 5.75 Å². The SMILES string of the molecule is Cc1c[c]c(OCl)c(C)n1. The van der Waals surface area contributed by atoms with Crippen molar-refractivity contribution in [3.05, 3.63) is 23.5 Å². The van der Waals surface area contributed by atoms with Crippen molar-refractivity contribution in [3.63, 3.8) is 0 Å². The number of hydrogen-bond donors (Lipinski definition) is 0. The molecule has 1 aromatic heterocycles. The molecule has 0 saturated heterocycles. The van der Waals surface area contributed by atoms with Gasteiger partial charge in [-0.1, -0.05) is 0 Å². The van der Waals surface area contributed by atoms with Crippen molar-refractivity contribution >= 4 is 11.9 Å². The van der Waals surface area contributed by atoms with Crippen LogP contribution < -0.4 is 4.29 Å². The Hall–Kier alpha value is -0.760. The van der Waals surface area contributed by atoms with Gasteiger partial charge in [-0.3, -0.25) is 4.98 Å². The van der Waals surface area contributed by atoms with E-state index in [1.165, 1.54) is 0 Å². The van der Waals surface area contributed by atoms with E-state index >= 15 is 0 Å². The van der Waals surface area contributed by atoms with E-state index in [-0.39, 0.29) is 0 Å². The Morgan fingerprint density at radius 1 is 1.60 bits per heavy atom. The molecule has 0 unspecified atom stereocenters. The molecule has 0 aliphatic rings. The van der Waals surface area contributed by atoms with Crippen LogP contribution in [-0.4, -0.2) is 4.98 Å². The predicted molar refractivity (Wildman–Crippen MR) is 39.0 cm³/mol. The maximum absolute atomic E-state index is 5.11. The molecular formula is C7H7ClNO. The van der Waals surface area contributed by atoms with E-state index in [4.69, 9.17) is 11.9 Å². The Morgan fingerprint density at radius 2 is 2.30 bits per heavy atom. The van der Waals surface area contributed by atoms with Gasteiger partial charge in [0, 0.05) is 11.8 Å². The van der Waals surface area contributed by atoms with Crippen LogP contribution in [0.15, 0.2) is 6.07 Å². The Kier molecular flexibility index (Phi) is 2.12. The van der Waals surface area contributed by atoms with Gasteiger partial charge in [0.2, 0.25) is 0 Å². The van der Waals surface area contributed by atoms with Crippen LogP contribution in [0.5, 0.6) is 5.75 Å². The normalized spacial score (nSPS) is 9.50. The second-order valence-electron chi connectivity index (χ2n) is 2.03. The third kappa shape index (κ3) is 1.39. The highest BCUT2D eigenvalue weighted by molar-refractivity contribution is 6.09. The number of pyridine rings is 1. The van der Waals surface area contributed by atoms with E-state index in [0.29, 0.717) is 5.75 Å². The van der Waals surface area contributed by atoms with Crippen molar-refractivity contribution in [1.29, 1.82) is 0 Å². The highest BCUT2D eigenvalue weighted by Gasteiger charge is 1.98. The minimum Gasteiger partial charge on any atom is -0.383 e. The highest BCUT2D eigenvalue weighted by atomic mass is 35.5. The Bertz CT molecular complexity index is 237. The first kappa shape index (κ1) is 7.35. The molecule has 3 heteroatoms. The minimum absolute atomic E-state index is 0.493. The molecule has 0 saturated carbocycles. The topological polar surface area (TPSA) is 22.1 Å². The molecule has 1 aromatic rings. The van der Waals surface area contributed by atoms with E-state index < -0.39 is 0 Å². The number of halogens is 1. The molecule has 0 bridgehead atoms.